The maximum atomic E-state index is 10.6. The molecule has 1 nitrogen and oxygen atoms in total. The minimum atomic E-state index is -1.16. The van der Waals surface area contributed by atoms with Gasteiger partial charge in [0.25, 0.3) is 0 Å². The lowest BCUT2D eigenvalue weighted by Crippen LogP contribution is -2.06. The summed E-state index contributed by atoms with van der Waals surface area (Å²) < 4.78 is -1.16. The zero-order valence-corrected chi connectivity index (χ0v) is 8.09. The van der Waals surface area contributed by atoms with Gasteiger partial charge in [-0.15, -0.1) is 11.6 Å². The third-order valence-electron chi connectivity index (χ3n) is 0.601. The van der Waals surface area contributed by atoms with Gasteiger partial charge in [-0.1, -0.05) is 0 Å². The molecule has 0 aromatic carbocycles. The molecule has 0 unspecified atom stereocenters. The van der Waals surface area contributed by atoms with E-state index in [0.717, 1.165) is 6.42 Å². The van der Waals surface area contributed by atoms with E-state index in [-0.39, 0.29) is 0 Å². The summed E-state index contributed by atoms with van der Waals surface area (Å²) in [4.78, 5) is 0. The molecule has 0 aromatic heterocycles. The quantitative estimate of drug-likeness (QED) is 0.699. The van der Waals surface area contributed by atoms with Gasteiger partial charge in [-0.2, -0.15) is 0 Å². The molecule has 0 amide bonds. The minimum Gasteiger partial charge on any atom is -0.204 e. The van der Waals surface area contributed by atoms with Gasteiger partial charge in [0.2, 0.25) is 3.42 Å². The Kier molecular flexibility index (Phi) is 4.71. The van der Waals surface area contributed by atoms with Crippen LogP contribution < -0.4 is 0 Å². The fraction of sp³-hybridized carbons (Fsp3) is 1.00. The molecule has 49 valence electrons. The molecule has 8 heavy (non-hydrogen) atoms. The van der Waals surface area contributed by atoms with Crippen LogP contribution in [-0.2, 0) is 5.11 Å². The standard InChI is InChI=1S/C4H6Br2ClO/c5-4(6,8)2-1-3-7/h1-3H2. The molecule has 0 aliphatic rings. The summed E-state index contributed by atoms with van der Waals surface area (Å²) in [6, 6.07) is 0. The van der Waals surface area contributed by atoms with Gasteiger partial charge in [-0.3, -0.25) is 0 Å². The molecule has 4 heteroatoms. The van der Waals surface area contributed by atoms with Gasteiger partial charge in [0.1, 0.15) is 0 Å². The van der Waals surface area contributed by atoms with Crippen molar-refractivity contribution >= 4 is 43.5 Å². The molecule has 0 aliphatic heterocycles. The summed E-state index contributed by atoms with van der Waals surface area (Å²) in [5, 5.41) is 10.6. The largest absolute Gasteiger partial charge is 0.211 e. The third-order valence-corrected chi connectivity index (χ3v) is 1.66. The molecule has 0 saturated carbocycles. The van der Waals surface area contributed by atoms with Crippen LogP contribution in [0.25, 0.3) is 0 Å². The fourth-order valence-corrected chi connectivity index (χ4v) is 0.967. The number of hydrogen-bond donors (Lipinski definition) is 0. The second-order valence-electron chi connectivity index (χ2n) is 1.43. The molecule has 0 rings (SSSR count). The van der Waals surface area contributed by atoms with E-state index in [1.165, 1.54) is 0 Å². The van der Waals surface area contributed by atoms with Gasteiger partial charge >= 0.3 is 0 Å². The maximum absolute atomic E-state index is 10.6. The van der Waals surface area contributed by atoms with E-state index >= 15 is 0 Å². The van der Waals surface area contributed by atoms with Crippen molar-refractivity contribution in [3.05, 3.63) is 0 Å². The van der Waals surface area contributed by atoms with Crippen LogP contribution >= 0.6 is 43.5 Å². The van der Waals surface area contributed by atoms with Crippen molar-refractivity contribution in [2.75, 3.05) is 5.88 Å². The van der Waals surface area contributed by atoms with Crippen LogP contribution in [-0.4, -0.2) is 9.30 Å². The van der Waals surface area contributed by atoms with Gasteiger partial charge in [-0.25, -0.2) is 5.11 Å². The normalized spacial score (nSPS) is 12.0. The summed E-state index contributed by atoms with van der Waals surface area (Å²) in [6.45, 7) is 0. The topological polar surface area (TPSA) is 19.9 Å². The Labute approximate surface area is 70.7 Å². The first-order chi connectivity index (χ1) is 3.56. The lowest BCUT2D eigenvalue weighted by Gasteiger charge is -2.06. The van der Waals surface area contributed by atoms with Crippen molar-refractivity contribution in [3.8, 4) is 0 Å². The number of rotatable bonds is 3. The Balaban J connectivity index is 3.11. The summed E-state index contributed by atoms with van der Waals surface area (Å²) in [7, 11) is 0. The third kappa shape index (κ3) is 7.21. The number of alkyl halides is 3. The average molecular weight is 265 g/mol. The highest BCUT2D eigenvalue weighted by molar-refractivity contribution is 9.25. The predicted molar refractivity (Wildman–Crippen MR) is 41.2 cm³/mol. The zero-order chi connectivity index (χ0) is 6.62. The molecule has 0 bridgehead atoms. The first-order valence-corrected chi connectivity index (χ1v) is 4.32. The van der Waals surface area contributed by atoms with Crippen molar-refractivity contribution in [3.63, 3.8) is 0 Å². The summed E-state index contributed by atoms with van der Waals surface area (Å²) >= 11 is 11.1. The Morgan fingerprint density at radius 2 is 2.00 bits per heavy atom. The van der Waals surface area contributed by atoms with Crippen molar-refractivity contribution < 1.29 is 5.11 Å². The van der Waals surface area contributed by atoms with Crippen LogP contribution in [0.2, 0.25) is 0 Å². The molecule has 0 aliphatic carbocycles. The molecule has 1 radical (unpaired) electrons. The van der Waals surface area contributed by atoms with E-state index in [2.05, 4.69) is 31.9 Å². The maximum Gasteiger partial charge on any atom is 0.211 e. The lowest BCUT2D eigenvalue weighted by molar-refractivity contribution is 0.139. The van der Waals surface area contributed by atoms with E-state index < -0.39 is 3.42 Å². The van der Waals surface area contributed by atoms with Crippen LogP contribution in [0.3, 0.4) is 0 Å². The SMILES string of the molecule is [O]C(Br)(Br)CCCCl. The van der Waals surface area contributed by atoms with Gasteiger partial charge < -0.3 is 0 Å². The van der Waals surface area contributed by atoms with Gasteiger partial charge in [0, 0.05) is 12.3 Å². The summed E-state index contributed by atoms with van der Waals surface area (Å²) in [6.07, 6.45) is 1.25. The molecule has 0 N–H and O–H groups in total. The first kappa shape index (κ1) is 9.21. The summed E-state index contributed by atoms with van der Waals surface area (Å²) in [5.41, 5.74) is 0. The fourth-order valence-electron chi connectivity index (χ4n) is 0.273. The van der Waals surface area contributed by atoms with Crippen LogP contribution in [0.15, 0.2) is 0 Å². The van der Waals surface area contributed by atoms with Gasteiger partial charge in [0.15, 0.2) is 0 Å². The summed E-state index contributed by atoms with van der Waals surface area (Å²) in [5.74, 6) is 0.543. The Bertz CT molecular complexity index is 61.5. The highest BCUT2D eigenvalue weighted by atomic mass is 79.9. The lowest BCUT2D eigenvalue weighted by atomic mass is 10.4. The monoisotopic (exact) mass is 263 g/mol. The second-order valence-corrected chi connectivity index (χ2v) is 5.43. The van der Waals surface area contributed by atoms with E-state index in [0.29, 0.717) is 12.3 Å². The highest BCUT2D eigenvalue weighted by Crippen LogP contribution is 2.28. The molecule has 0 saturated heterocycles. The minimum absolute atomic E-state index is 0.510. The predicted octanol–water partition coefficient (Wildman–Crippen LogP) is 2.88. The van der Waals surface area contributed by atoms with Crippen molar-refractivity contribution in [1.29, 1.82) is 0 Å². The number of halogens is 3. The number of hydrogen-bond acceptors (Lipinski definition) is 0. The van der Waals surface area contributed by atoms with Crippen molar-refractivity contribution in [2.45, 2.75) is 16.3 Å². The first-order valence-electron chi connectivity index (χ1n) is 2.20. The van der Waals surface area contributed by atoms with E-state index in [4.69, 9.17) is 11.6 Å². The van der Waals surface area contributed by atoms with Crippen LogP contribution in [0.5, 0.6) is 0 Å². The molecular weight excluding hydrogens is 259 g/mol. The van der Waals surface area contributed by atoms with Crippen molar-refractivity contribution in [2.24, 2.45) is 0 Å². The Morgan fingerprint density at radius 1 is 1.50 bits per heavy atom. The van der Waals surface area contributed by atoms with Crippen LogP contribution in [0.1, 0.15) is 12.8 Å². The van der Waals surface area contributed by atoms with E-state index in [1.54, 1.807) is 0 Å². The molecule has 0 heterocycles. The molecular formula is C4H6Br2ClO. The van der Waals surface area contributed by atoms with E-state index in [9.17, 15) is 5.11 Å². The molecule has 0 atom stereocenters. The van der Waals surface area contributed by atoms with Gasteiger partial charge in [0.05, 0.1) is 0 Å². The van der Waals surface area contributed by atoms with E-state index in [1.807, 2.05) is 0 Å². The Hall–Kier alpha value is 1.21. The average Bonchev–Trinajstić information content (AvgIpc) is 1.59. The molecule has 0 aromatic rings. The van der Waals surface area contributed by atoms with Crippen LogP contribution in [0, 0.1) is 0 Å². The smallest absolute Gasteiger partial charge is 0.204 e. The second kappa shape index (κ2) is 4.09. The van der Waals surface area contributed by atoms with Crippen LogP contribution in [0.4, 0.5) is 0 Å². The van der Waals surface area contributed by atoms with Gasteiger partial charge in [-0.05, 0) is 38.3 Å². The Morgan fingerprint density at radius 3 is 2.12 bits per heavy atom. The molecule has 0 fully saturated rings. The zero-order valence-electron chi connectivity index (χ0n) is 4.16. The highest BCUT2D eigenvalue weighted by Gasteiger charge is 2.18. The molecule has 0 spiro atoms. The van der Waals surface area contributed by atoms with Crippen molar-refractivity contribution in [1.82, 2.24) is 0 Å².